The molecule has 0 radical (unpaired) electrons. The highest BCUT2D eigenvalue weighted by Crippen LogP contribution is 2.46. The number of aryl methyl sites for hydroxylation is 1. The van der Waals surface area contributed by atoms with E-state index in [-0.39, 0.29) is 5.82 Å². The summed E-state index contributed by atoms with van der Waals surface area (Å²) in [5.74, 6) is 0.801. The molecule has 2 atom stereocenters. The molecule has 3 aromatic rings. The van der Waals surface area contributed by atoms with Gasteiger partial charge in [-0.1, -0.05) is 6.07 Å². The SMILES string of the molecule is Cn1cc(CNc2cc(OCC3CC3c3ccccn3)nc(C(N)=O)n2)cn1. The van der Waals surface area contributed by atoms with Gasteiger partial charge in [0.25, 0.3) is 5.91 Å². The Morgan fingerprint density at radius 3 is 3.00 bits per heavy atom. The first kappa shape index (κ1) is 17.9. The van der Waals surface area contributed by atoms with Crippen LogP contribution in [0.2, 0.25) is 0 Å². The predicted octanol–water partition coefficient (Wildman–Crippen LogP) is 1.50. The number of aromatic nitrogens is 5. The van der Waals surface area contributed by atoms with E-state index in [1.165, 1.54) is 0 Å². The average molecular weight is 379 g/mol. The number of pyridine rings is 1. The third-order valence-corrected chi connectivity index (χ3v) is 4.59. The maximum Gasteiger partial charge on any atom is 0.286 e. The molecular formula is C19H21N7O2. The molecule has 144 valence electrons. The van der Waals surface area contributed by atoms with Crippen molar-refractivity contribution in [1.29, 1.82) is 0 Å². The van der Waals surface area contributed by atoms with E-state index in [9.17, 15) is 4.79 Å². The van der Waals surface area contributed by atoms with Gasteiger partial charge in [0.1, 0.15) is 5.82 Å². The van der Waals surface area contributed by atoms with Gasteiger partial charge in [-0.05, 0) is 18.6 Å². The molecule has 1 fully saturated rings. The molecule has 9 nitrogen and oxygen atoms in total. The summed E-state index contributed by atoms with van der Waals surface area (Å²) in [4.78, 5) is 24.2. The van der Waals surface area contributed by atoms with Gasteiger partial charge in [-0.25, -0.2) is 4.98 Å². The number of nitrogens with one attached hydrogen (secondary N) is 1. The van der Waals surface area contributed by atoms with E-state index in [2.05, 4.69) is 25.4 Å². The Balaban J connectivity index is 1.40. The molecule has 0 saturated heterocycles. The summed E-state index contributed by atoms with van der Waals surface area (Å²) < 4.78 is 7.54. The molecule has 1 aliphatic carbocycles. The van der Waals surface area contributed by atoms with E-state index in [1.807, 2.05) is 31.4 Å². The van der Waals surface area contributed by atoms with Gasteiger partial charge in [-0.3, -0.25) is 14.5 Å². The zero-order valence-electron chi connectivity index (χ0n) is 15.4. The minimum absolute atomic E-state index is 0.0803. The first-order valence-electron chi connectivity index (χ1n) is 9.02. The summed E-state index contributed by atoms with van der Waals surface area (Å²) >= 11 is 0. The Morgan fingerprint density at radius 2 is 2.29 bits per heavy atom. The fraction of sp³-hybridized carbons (Fsp3) is 0.316. The van der Waals surface area contributed by atoms with Crippen molar-refractivity contribution < 1.29 is 9.53 Å². The first-order valence-corrected chi connectivity index (χ1v) is 9.02. The predicted molar refractivity (Wildman–Crippen MR) is 102 cm³/mol. The van der Waals surface area contributed by atoms with Crippen molar-refractivity contribution >= 4 is 11.7 Å². The number of carbonyl (C=O) groups excluding carboxylic acids is 1. The number of nitrogens with zero attached hydrogens (tertiary/aromatic N) is 5. The van der Waals surface area contributed by atoms with E-state index in [1.54, 1.807) is 23.1 Å². The van der Waals surface area contributed by atoms with Crippen molar-refractivity contribution in [3.05, 3.63) is 59.9 Å². The molecule has 9 heteroatoms. The smallest absolute Gasteiger partial charge is 0.286 e. The lowest BCUT2D eigenvalue weighted by atomic mass is 10.2. The summed E-state index contributed by atoms with van der Waals surface area (Å²) in [6.45, 7) is 1.01. The number of nitrogens with two attached hydrogens (primary N) is 1. The van der Waals surface area contributed by atoms with Crippen LogP contribution in [0.4, 0.5) is 5.82 Å². The number of hydrogen-bond acceptors (Lipinski definition) is 7. The molecule has 1 amide bonds. The molecule has 3 heterocycles. The van der Waals surface area contributed by atoms with Gasteiger partial charge >= 0.3 is 0 Å². The highest BCUT2D eigenvalue weighted by molar-refractivity contribution is 5.89. The molecule has 4 rings (SSSR count). The van der Waals surface area contributed by atoms with E-state index in [0.717, 1.165) is 17.7 Å². The maximum atomic E-state index is 11.6. The molecule has 2 unspecified atom stereocenters. The Morgan fingerprint density at radius 1 is 1.39 bits per heavy atom. The van der Waals surface area contributed by atoms with E-state index < -0.39 is 5.91 Å². The number of anilines is 1. The fourth-order valence-electron chi connectivity index (χ4n) is 3.04. The molecular weight excluding hydrogens is 358 g/mol. The van der Waals surface area contributed by atoms with Crippen molar-refractivity contribution in [2.45, 2.75) is 18.9 Å². The topological polar surface area (TPSA) is 121 Å². The summed E-state index contributed by atoms with van der Waals surface area (Å²) in [6, 6.07) is 7.59. The number of amides is 1. The molecule has 3 N–H and O–H groups in total. The maximum absolute atomic E-state index is 11.6. The molecule has 1 aliphatic rings. The third-order valence-electron chi connectivity index (χ3n) is 4.59. The molecule has 3 aromatic heterocycles. The van der Waals surface area contributed by atoms with Gasteiger partial charge in [0.05, 0.1) is 12.8 Å². The zero-order chi connectivity index (χ0) is 19.5. The molecule has 1 saturated carbocycles. The van der Waals surface area contributed by atoms with Crippen LogP contribution in [0, 0.1) is 5.92 Å². The molecule has 0 spiro atoms. The zero-order valence-corrected chi connectivity index (χ0v) is 15.4. The highest BCUT2D eigenvalue weighted by Gasteiger charge is 2.39. The van der Waals surface area contributed by atoms with Crippen LogP contribution >= 0.6 is 0 Å². The Bertz CT molecular complexity index is 973. The van der Waals surface area contributed by atoms with Crippen LogP contribution in [0.3, 0.4) is 0 Å². The van der Waals surface area contributed by atoms with Gasteiger partial charge in [-0.15, -0.1) is 0 Å². The molecule has 0 aliphatic heterocycles. The quantitative estimate of drug-likeness (QED) is 0.608. The van der Waals surface area contributed by atoms with Crippen molar-refractivity contribution in [3.63, 3.8) is 0 Å². The summed E-state index contributed by atoms with van der Waals surface area (Å²) in [7, 11) is 1.85. The van der Waals surface area contributed by atoms with Gasteiger partial charge < -0.3 is 15.8 Å². The number of primary amides is 1. The lowest BCUT2D eigenvalue weighted by Crippen LogP contribution is -2.17. The van der Waals surface area contributed by atoms with Gasteiger partial charge in [0.2, 0.25) is 11.7 Å². The monoisotopic (exact) mass is 379 g/mol. The standard InChI is InChI=1S/C19H21N7O2/c1-26-10-12(9-23-26)8-22-16-7-17(25-19(24-16)18(20)27)28-11-13-6-14(13)15-4-2-3-5-21-15/h2-5,7,9-10,13-14H,6,8,11H2,1H3,(H2,20,27)(H,22,24,25). The van der Waals surface area contributed by atoms with Gasteiger partial charge in [0, 0.05) is 55.1 Å². The van der Waals surface area contributed by atoms with Crippen LogP contribution in [0.5, 0.6) is 5.88 Å². The van der Waals surface area contributed by atoms with Crippen LogP contribution in [-0.4, -0.2) is 37.2 Å². The largest absolute Gasteiger partial charge is 0.477 e. The highest BCUT2D eigenvalue weighted by atomic mass is 16.5. The second-order valence-corrected chi connectivity index (χ2v) is 6.82. The van der Waals surface area contributed by atoms with Crippen LogP contribution in [0.25, 0.3) is 0 Å². The van der Waals surface area contributed by atoms with Crippen molar-refractivity contribution in [2.75, 3.05) is 11.9 Å². The van der Waals surface area contributed by atoms with Crippen molar-refractivity contribution in [2.24, 2.45) is 18.7 Å². The summed E-state index contributed by atoms with van der Waals surface area (Å²) in [5.41, 5.74) is 7.43. The van der Waals surface area contributed by atoms with E-state index in [4.69, 9.17) is 10.5 Å². The normalized spacial score (nSPS) is 17.9. The molecule has 0 bridgehead atoms. The van der Waals surface area contributed by atoms with Crippen molar-refractivity contribution in [3.8, 4) is 5.88 Å². The number of ether oxygens (including phenoxy) is 1. The lowest BCUT2D eigenvalue weighted by molar-refractivity contribution is 0.0989. The van der Waals surface area contributed by atoms with Crippen LogP contribution in [-0.2, 0) is 13.6 Å². The molecule has 0 aromatic carbocycles. The average Bonchev–Trinajstić information content (AvgIpc) is 3.37. The lowest BCUT2D eigenvalue weighted by Gasteiger charge is -2.09. The third kappa shape index (κ3) is 4.25. The van der Waals surface area contributed by atoms with Gasteiger partial charge in [-0.2, -0.15) is 10.1 Å². The summed E-state index contributed by atoms with van der Waals surface area (Å²) in [5, 5.41) is 7.27. The Labute approximate surface area is 162 Å². The Kier molecular flexibility index (Phi) is 4.88. The minimum atomic E-state index is -0.701. The second-order valence-electron chi connectivity index (χ2n) is 6.82. The fourth-order valence-corrected chi connectivity index (χ4v) is 3.04. The number of hydrogen-bond donors (Lipinski definition) is 2. The molecule has 28 heavy (non-hydrogen) atoms. The second kappa shape index (κ2) is 7.63. The van der Waals surface area contributed by atoms with Gasteiger partial charge in [0.15, 0.2) is 0 Å². The van der Waals surface area contributed by atoms with Crippen LogP contribution in [0.15, 0.2) is 42.9 Å². The summed E-state index contributed by atoms with van der Waals surface area (Å²) in [6.07, 6.45) is 6.48. The Hall–Kier alpha value is -3.49. The van der Waals surface area contributed by atoms with Crippen LogP contribution in [0.1, 0.15) is 34.2 Å². The first-order chi connectivity index (χ1) is 13.6. The number of carbonyl (C=O) groups is 1. The van der Waals surface area contributed by atoms with Crippen molar-refractivity contribution in [1.82, 2.24) is 24.7 Å². The van der Waals surface area contributed by atoms with Crippen LogP contribution < -0.4 is 15.8 Å². The van der Waals surface area contributed by atoms with E-state index >= 15 is 0 Å². The van der Waals surface area contributed by atoms with E-state index in [0.29, 0.717) is 36.7 Å². The number of rotatable bonds is 8. The minimum Gasteiger partial charge on any atom is -0.477 e.